The third kappa shape index (κ3) is 2.35. The minimum atomic E-state index is 0.597. The molecule has 0 saturated carbocycles. The Morgan fingerprint density at radius 1 is 1.31 bits per heavy atom. The lowest BCUT2D eigenvalue weighted by atomic mass is 10.1. The SMILES string of the molecule is CC(C)Cc1cc(N)c2cc(Br)ccc2n1. The van der Waals surface area contributed by atoms with Crippen LogP contribution in [0.5, 0.6) is 0 Å². The number of fused-ring (bicyclic) bond motifs is 1. The Kier molecular flexibility index (Phi) is 3.15. The average Bonchev–Trinajstić information content (AvgIpc) is 2.18. The van der Waals surface area contributed by atoms with E-state index in [2.05, 4.69) is 34.8 Å². The van der Waals surface area contributed by atoms with Gasteiger partial charge in [0.15, 0.2) is 0 Å². The normalized spacial score (nSPS) is 11.2. The van der Waals surface area contributed by atoms with Gasteiger partial charge >= 0.3 is 0 Å². The van der Waals surface area contributed by atoms with Crippen LogP contribution >= 0.6 is 15.9 Å². The standard InChI is InChI=1S/C13H15BrN2/c1-8(2)5-10-7-12(15)11-6-9(14)3-4-13(11)16-10/h3-4,6-8H,5H2,1-2H3,(H2,15,16). The molecule has 0 spiro atoms. The van der Waals surface area contributed by atoms with Gasteiger partial charge in [-0.3, -0.25) is 4.98 Å². The predicted octanol–water partition coefficient (Wildman–Crippen LogP) is 3.78. The molecule has 0 aliphatic heterocycles. The number of halogens is 1. The second-order valence-corrected chi connectivity index (χ2v) is 5.38. The monoisotopic (exact) mass is 278 g/mol. The van der Waals surface area contributed by atoms with Gasteiger partial charge in [-0.25, -0.2) is 0 Å². The topological polar surface area (TPSA) is 38.9 Å². The van der Waals surface area contributed by atoms with Crippen molar-refractivity contribution in [1.29, 1.82) is 0 Å². The number of nitrogen functional groups attached to an aromatic ring is 1. The highest BCUT2D eigenvalue weighted by Gasteiger charge is 2.05. The molecule has 0 bridgehead atoms. The Labute approximate surface area is 104 Å². The number of hydrogen-bond donors (Lipinski definition) is 1. The average molecular weight is 279 g/mol. The van der Waals surface area contributed by atoms with E-state index in [9.17, 15) is 0 Å². The largest absolute Gasteiger partial charge is 0.398 e. The van der Waals surface area contributed by atoms with Crippen LogP contribution in [0.3, 0.4) is 0 Å². The van der Waals surface area contributed by atoms with Gasteiger partial charge in [-0.1, -0.05) is 29.8 Å². The summed E-state index contributed by atoms with van der Waals surface area (Å²) in [7, 11) is 0. The van der Waals surface area contributed by atoms with Crippen molar-refractivity contribution in [2.45, 2.75) is 20.3 Å². The molecule has 1 heterocycles. The summed E-state index contributed by atoms with van der Waals surface area (Å²) in [5.74, 6) is 0.597. The Morgan fingerprint density at radius 2 is 2.06 bits per heavy atom. The summed E-state index contributed by atoms with van der Waals surface area (Å²) in [6.45, 7) is 4.37. The molecule has 0 fully saturated rings. The van der Waals surface area contributed by atoms with Gasteiger partial charge in [0.1, 0.15) is 0 Å². The molecule has 0 atom stereocenters. The Bertz CT molecular complexity index is 521. The molecule has 0 aliphatic carbocycles. The van der Waals surface area contributed by atoms with E-state index in [4.69, 9.17) is 5.73 Å². The molecule has 0 aliphatic rings. The Morgan fingerprint density at radius 3 is 2.75 bits per heavy atom. The first-order valence-electron chi connectivity index (χ1n) is 5.41. The summed E-state index contributed by atoms with van der Waals surface area (Å²) in [6, 6.07) is 7.99. The van der Waals surface area contributed by atoms with Crippen molar-refractivity contribution in [1.82, 2.24) is 4.98 Å². The van der Waals surface area contributed by atoms with E-state index in [1.807, 2.05) is 24.3 Å². The number of anilines is 1. The minimum Gasteiger partial charge on any atom is -0.398 e. The number of pyridine rings is 1. The molecule has 2 nitrogen and oxygen atoms in total. The van der Waals surface area contributed by atoms with Crippen molar-refractivity contribution in [2.24, 2.45) is 5.92 Å². The molecule has 16 heavy (non-hydrogen) atoms. The van der Waals surface area contributed by atoms with Crippen LogP contribution < -0.4 is 5.73 Å². The highest BCUT2D eigenvalue weighted by Crippen LogP contribution is 2.25. The number of hydrogen-bond acceptors (Lipinski definition) is 2. The number of benzene rings is 1. The molecule has 84 valence electrons. The van der Waals surface area contributed by atoms with Crippen LogP contribution in [0.4, 0.5) is 5.69 Å². The quantitative estimate of drug-likeness (QED) is 0.908. The van der Waals surface area contributed by atoms with Crippen molar-refractivity contribution in [3.05, 3.63) is 34.4 Å². The van der Waals surface area contributed by atoms with Crippen LogP contribution in [0.2, 0.25) is 0 Å². The fourth-order valence-electron chi connectivity index (χ4n) is 1.80. The van der Waals surface area contributed by atoms with Gasteiger partial charge in [0.25, 0.3) is 0 Å². The molecule has 0 radical (unpaired) electrons. The van der Waals surface area contributed by atoms with Crippen molar-refractivity contribution < 1.29 is 0 Å². The van der Waals surface area contributed by atoms with Crippen molar-refractivity contribution in [3.63, 3.8) is 0 Å². The summed E-state index contributed by atoms with van der Waals surface area (Å²) < 4.78 is 1.03. The fourth-order valence-corrected chi connectivity index (χ4v) is 2.17. The predicted molar refractivity (Wildman–Crippen MR) is 72.4 cm³/mol. The first-order chi connectivity index (χ1) is 7.56. The van der Waals surface area contributed by atoms with Gasteiger partial charge in [0, 0.05) is 21.2 Å². The van der Waals surface area contributed by atoms with Crippen LogP contribution in [0.25, 0.3) is 10.9 Å². The Balaban J connectivity index is 2.55. The zero-order chi connectivity index (χ0) is 11.7. The molecule has 2 N–H and O–H groups in total. The molecule has 2 aromatic rings. The van der Waals surface area contributed by atoms with E-state index in [0.29, 0.717) is 5.92 Å². The van der Waals surface area contributed by atoms with Crippen molar-refractivity contribution >= 4 is 32.5 Å². The number of nitrogens with zero attached hydrogens (tertiary/aromatic N) is 1. The first-order valence-corrected chi connectivity index (χ1v) is 6.20. The summed E-state index contributed by atoms with van der Waals surface area (Å²) in [6.07, 6.45) is 0.968. The molecular formula is C13H15BrN2. The van der Waals surface area contributed by atoms with Gasteiger partial charge in [-0.05, 0) is 36.6 Å². The minimum absolute atomic E-state index is 0.597. The maximum Gasteiger partial charge on any atom is 0.0726 e. The smallest absolute Gasteiger partial charge is 0.0726 e. The molecule has 3 heteroatoms. The van der Waals surface area contributed by atoms with Gasteiger partial charge < -0.3 is 5.73 Å². The summed E-state index contributed by atoms with van der Waals surface area (Å²) >= 11 is 3.44. The van der Waals surface area contributed by atoms with Gasteiger partial charge in [-0.15, -0.1) is 0 Å². The lowest BCUT2D eigenvalue weighted by molar-refractivity contribution is 0.637. The van der Waals surface area contributed by atoms with E-state index in [0.717, 1.165) is 33.2 Å². The van der Waals surface area contributed by atoms with Crippen molar-refractivity contribution in [2.75, 3.05) is 5.73 Å². The van der Waals surface area contributed by atoms with E-state index in [1.165, 1.54) is 0 Å². The molecule has 1 aromatic carbocycles. The zero-order valence-corrected chi connectivity index (χ0v) is 11.1. The number of rotatable bonds is 2. The van der Waals surface area contributed by atoms with Crippen LogP contribution in [0.15, 0.2) is 28.7 Å². The van der Waals surface area contributed by atoms with Crippen molar-refractivity contribution in [3.8, 4) is 0 Å². The van der Waals surface area contributed by atoms with E-state index in [1.54, 1.807) is 0 Å². The molecule has 0 amide bonds. The number of aromatic nitrogens is 1. The van der Waals surface area contributed by atoms with Crippen LogP contribution in [0, 0.1) is 5.92 Å². The van der Waals surface area contributed by atoms with Crippen LogP contribution in [-0.2, 0) is 6.42 Å². The summed E-state index contributed by atoms with van der Waals surface area (Å²) in [5.41, 5.74) is 8.89. The molecule has 0 unspecified atom stereocenters. The van der Waals surface area contributed by atoms with E-state index >= 15 is 0 Å². The third-order valence-electron chi connectivity index (χ3n) is 2.47. The van der Waals surface area contributed by atoms with Gasteiger partial charge in [0.05, 0.1) is 5.52 Å². The van der Waals surface area contributed by atoms with E-state index in [-0.39, 0.29) is 0 Å². The highest BCUT2D eigenvalue weighted by molar-refractivity contribution is 9.10. The Hall–Kier alpha value is -1.09. The maximum atomic E-state index is 6.04. The lowest BCUT2D eigenvalue weighted by Gasteiger charge is -2.08. The molecular weight excluding hydrogens is 264 g/mol. The summed E-state index contributed by atoms with van der Waals surface area (Å²) in [4.78, 5) is 4.62. The van der Waals surface area contributed by atoms with E-state index < -0.39 is 0 Å². The molecule has 1 aromatic heterocycles. The van der Waals surface area contributed by atoms with Gasteiger partial charge in [0.2, 0.25) is 0 Å². The molecule has 2 rings (SSSR count). The maximum absolute atomic E-state index is 6.04. The van der Waals surface area contributed by atoms with Crippen LogP contribution in [0.1, 0.15) is 19.5 Å². The van der Waals surface area contributed by atoms with Crippen LogP contribution in [-0.4, -0.2) is 4.98 Å². The lowest BCUT2D eigenvalue weighted by Crippen LogP contribution is -2.00. The second-order valence-electron chi connectivity index (χ2n) is 4.46. The fraction of sp³-hybridized carbons (Fsp3) is 0.308. The highest BCUT2D eigenvalue weighted by atomic mass is 79.9. The zero-order valence-electron chi connectivity index (χ0n) is 9.50. The second kappa shape index (κ2) is 4.42. The molecule has 0 saturated heterocycles. The number of nitrogens with two attached hydrogens (primary N) is 1. The first kappa shape index (κ1) is 11.4. The third-order valence-corrected chi connectivity index (χ3v) is 2.97. The van der Waals surface area contributed by atoms with Gasteiger partial charge in [-0.2, -0.15) is 0 Å². The summed E-state index contributed by atoms with van der Waals surface area (Å²) in [5, 5.41) is 1.02.